The van der Waals surface area contributed by atoms with Gasteiger partial charge in [0.25, 0.3) is 5.91 Å². The lowest BCUT2D eigenvalue weighted by Crippen LogP contribution is -2.44. The van der Waals surface area contributed by atoms with Crippen molar-refractivity contribution in [3.63, 3.8) is 0 Å². The number of rotatable bonds is 4. The summed E-state index contributed by atoms with van der Waals surface area (Å²) < 4.78 is 9.54. The molecule has 1 unspecified atom stereocenters. The summed E-state index contributed by atoms with van der Waals surface area (Å²) in [6.45, 7) is 1.78. The maximum Gasteiger partial charge on any atom is 0.319 e. The molecule has 2 amide bonds. The first kappa shape index (κ1) is 17.6. The highest BCUT2D eigenvalue weighted by atomic mass is 32.2. The van der Waals surface area contributed by atoms with Crippen LogP contribution in [0.5, 0.6) is 0 Å². The van der Waals surface area contributed by atoms with Crippen LogP contribution in [0.2, 0.25) is 0 Å². The van der Waals surface area contributed by atoms with Gasteiger partial charge in [0, 0.05) is 0 Å². The number of nitrogens with zero attached hydrogens (tertiary/aromatic N) is 2. The Morgan fingerprint density at radius 3 is 2.83 bits per heavy atom. The minimum absolute atomic E-state index is 0.0519. The van der Waals surface area contributed by atoms with Gasteiger partial charge in [-0.2, -0.15) is 4.99 Å². The van der Waals surface area contributed by atoms with Gasteiger partial charge in [0.2, 0.25) is 0 Å². The van der Waals surface area contributed by atoms with Crippen molar-refractivity contribution in [3.05, 3.63) is 24.2 Å². The molecule has 24 heavy (non-hydrogen) atoms. The molecule has 0 aromatic carbocycles. The predicted molar refractivity (Wildman–Crippen MR) is 87.5 cm³/mol. The quantitative estimate of drug-likeness (QED) is 0.778. The molecule has 2 rings (SSSR count). The molecule has 126 valence electrons. The summed E-state index contributed by atoms with van der Waals surface area (Å²) in [6, 6.07) is 2.90. The second kappa shape index (κ2) is 7.68. The summed E-state index contributed by atoms with van der Waals surface area (Å²) >= 11 is 0.969. The molecule has 0 radical (unpaired) electrons. The molecular weight excluding hydrogens is 336 g/mol. The van der Waals surface area contributed by atoms with E-state index in [4.69, 9.17) is 9.83 Å². The van der Waals surface area contributed by atoms with Crippen LogP contribution in [-0.4, -0.2) is 46.9 Å². The van der Waals surface area contributed by atoms with E-state index < -0.39 is 34.6 Å². The standard InChI is InChI=1S/C14H14N4O5S/c1-3-8(13(21)22-2)24-14-17-10(15)9(12(20)18-14)16-11(19)7-5-4-6-23-7/h4-6,8H,3H2,1-2H3,(H2,15,17,18,20). The van der Waals surface area contributed by atoms with E-state index in [1.165, 1.54) is 25.5 Å². The number of esters is 1. The van der Waals surface area contributed by atoms with E-state index in [2.05, 4.69) is 20.0 Å². The molecule has 1 aliphatic rings. The molecule has 9 nitrogen and oxygen atoms in total. The van der Waals surface area contributed by atoms with Gasteiger partial charge < -0.3 is 9.15 Å². The summed E-state index contributed by atoms with van der Waals surface area (Å²) in [5.74, 6) is -2.53. The van der Waals surface area contributed by atoms with Crippen LogP contribution in [0.1, 0.15) is 23.9 Å². The molecule has 0 bridgehead atoms. The number of amidine groups is 2. The Bertz CT molecular complexity index is 738. The number of aliphatic imine (C=N–C) groups is 2. The van der Waals surface area contributed by atoms with Gasteiger partial charge in [-0.15, -0.1) is 0 Å². The Morgan fingerprint density at radius 1 is 1.54 bits per heavy atom. The second-order valence-corrected chi connectivity index (χ2v) is 5.69. The summed E-state index contributed by atoms with van der Waals surface area (Å²) in [5.41, 5.74) is -0.424. The van der Waals surface area contributed by atoms with Crippen LogP contribution in [0.4, 0.5) is 0 Å². The van der Waals surface area contributed by atoms with Crippen LogP contribution in [-0.2, 0) is 14.3 Å². The van der Waals surface area contributed by atoms with Gasteiger partial charge in [0.15, 0.2) is 22.5 Å². The molecule has 0 fully saturated rings. The van der Waals surface area contributed by atoms with Crippen LogP contribution in [0.15, 0.2) is 32.8 Å². The van der Waals surface area contributed by atoms with Crippen molar-refractivity contribution < 1.29 is 23.5 Å². The van der Waals surface area contributed by atoms with Crippen molar-refractivity contribution in [1.29, 1.82) is 5.41 Å². The average Bonchev–Trinajstić information content (AvgIpc) is 3.09. The molecule has 1 atom stereocenters. The highest BCUT2D eigenvalue weighted by Crippen LogP contribution is 2.18. The van der Waals surface area contributed by atoms with Gasteiger partial charge >= 0.3 is 11.9 Å². The van der Waals surface area contributed by atoms with Gasteiger partial charge in [-0.1, -0.05) is 18.7 Å². The molecule has 2 heterocycles. The fraction of sp³-hybridized carbons (Fsp3) is 0.286. The summed E-state index contributed by atoms with van der Waals surface area (Å²) in [5, 5.41) is 9.70. The normalized spacial score (nSPS) is 17.2. The number of nitrogens with one attached hydrogen (secondary N) is 2. The molecule has 10 heteroatoms. The van der Waals surface area contributed by atoms with Gasteiger partial charge in [-0.25, -0.2) is 4.99 Å². The number of methoxy groups -OCH3 is 1. The predicted octanol–water partition coefficient (Wildman–Crippen LogP) is 1.01. The number of amides is 2. The molecular formula is C14H14N4O5S. The lowest BCUT2D eigenvalue weighted by molar-refractivity contribution is -0.140. The largest absolute Gasteiger partial charge is 0.468 e. The SMILES string of the molecule is CCC(SC1=NC(=N)C(=NC(=O)c2ccco2)C(=O)N1)C(=O)OC. The van der Waals surface area contributed by atoms with Gasteiger partial charge in [-0.05, 0) is 18.6 Å². The third-order valence-corrected chi connectivity index (χ3v) is 4.13. The average molecular weight is 350 g/mol. The third kappa shape index (κ3) is 3.96. The maximum absolute atomic E-state index is 12.1. The van der Waals surface area contributed by atoms with E-state index in [1.807, 2.05) is 0 Å². The summed E-state index contributed by atoms with van der Waals surface area (Å²) in [6.07, 6.45) is 1.75. The number of hydrogen-bond acceptors (Lipinski definition) is 7. The zero-order valence-corrected chi connectivity index (χ0v) is 13.7. The lowest BCUT2D eigenvalue weighted by atomic mass is 10.3. The number of thioether (sulfide) groups is 1. The molecule has 2 N–H and O–H groups in total. The first-order valence-corrected chi connectivity index (χ1v) is 7.74. The zero-order valence-electron chi connectivity index (χ0n) is 12.9. The minimum Gasteiger partial charge on any atom is -0.468 e. The van der Waals surface area contributed by atoms with E-state index in [0.29, 0.717) is 6.42 Å². The van der Waals surface area contributed by atoms with Crippen LogP contribution in [0, 0.1) is 5.41 Å². The molecule has 1 aromatic heterocycles. The Balaban J connectivity index is 2.17. The minimum atomic E-state index is -0.790. The van der Waals surface area contributed by atoms with E-state index >= 15 is 0 Å². The Kier molecular flexibility index (Phi) is 5.64. The molecule has 1 aromatic rings. The van der Waals surface area contributed by atoms with Gasteiger partial charge in [0.1, 0.15) is 5.25 Å². The van der Waals surface area contributed by atoms with E-state index in [-0.39, 0.29) is 10.9 Å². The number of furan rings is 1. The second-order valence-electron chi connectivity index (χ2n) is 4.50. The van der Waals surface area contributed by atoms with Gasteiger partial charge in [0.05, 0.1) is 13.4 Å². The summed E-state index contributed by atoms with van der Waals surface area (Å²) in [7, 11) is 1.26. The molecule has 0 spiro atoms. The number of carbonyl (C=O) groups excluding carboxylic acids is 3. The third-order valence-electron chi connectivity index (χ3n) is 2.91. The van der Waals surface area contributed by atoms with Crippen LogP contribution in [0.25, 0.3) is 0 Å². The highest BCUT2D eigenvalue weighted by molar-refractivity contribution is 8.15. The first-order chi connectivity index (χ1) is 11.5. The highest BCUT2D eigenvalue weighted by Gasteiger charge is 2.29. The summed E-state index contributed by atoms with van der Waals surface area (Å²) in [4.78, 5) is 42.9. The molecule has 0 saturated carbocycles. The molecule has 1 aliphatic heterocycles. The Hall–Kier alpha value is -2.75. The van der Waals surface area contributed by atoms with Crippen molar-refractivity contribution in [2.75, 3.05) is 7.11 Å². The zero-order chi connectivity index (χ0) is 17.7. The molecule has 0 aliphatic carbocycles. The van der Waals surface area contributed by atoms with Crippen LogP contribution >= 0.6 is 11.8 Å². The Labute approximate surface area is 141 Å². The number of hydrogen-bond donors (Lipinski definition) is 2. The molecule has 0 saturated heterocycles. The maximum atomic E-state index is 12.1. The first-order valence-electron chi connectivity index (χ1n) is 6.86. The lowest BCUT2D eigenvalue weighted by Gasteiger charge is -2.17. The van der Waals surface area contributed by atoms with E-state index in [1.54, 1.807) is 6.92 Å². The smallest absolute Gasteiger partial charge is 0.319 e. The number of carbonyl (C=O) groups is 3. The van der Waals surface area contributed by atoms with Crippen molar-refractivity contribution in [2.24, 2.45) is 9.98 Å². The topological polar surface area (TPSA) is 134 Å². The fourth-order valence-corrected chi connectivity index (χ4v) is 2.65. The van der Waals surface area contributed by atoms with Crippen molar-refractivity contribution >= 4 is 46.3 Å². The van der Waals surface area contributed by atoms with Crippen molar-refractivity contribution in [1.82, 2.24) is 5.32 Å². The van der Waals surface area contributed by atoms with Crippen molar-refractivity contribution in [3.8, 4) is 0 Å². The van der Waals surface area contributed by atoms with Crippen LogP contribution < -0.4 is 5.32 Å². The fourth-order valence-electron chi connectivity index (χ4n) is 1.73. The van der Waals surface area contributed by atoms with Crippen molar-refractivity contribution in [2.45, 2.75) is 18.6 Å². The van der Waals surface area contributed by atoms with Crippen LogP contribution in [0.3, 0.4) is 0 Å². The van der Waals surface area contributed by atoms with Gasteiger partial charge in [-0.3, -0.25) is 25.1 Å². The van der Waals surface area contributed by atoms with E-state index in [0.717, 1.165) is 11.8 Å². The van der Waals surface area contributed by atoms with E-state index in [9.17, 15) is 14.4 Å². The monoisotopic (exact) mass is 350 g/mol. The Morgan fingerprint density at radius 2 is 2.29 bits per heavy atom. The number of ether oxygens (including phenoxy) is 1.